The normalized spacial score (nSPS) is 12.6. The Morgan fingerprint density at radius 2 is 1.64 bits per heavy atom. The van der Waals surface area contributed by atoms with Crippen molar-refractivity contribution in [3.8, 4) is 0 Å². The van der Waals surface area contributed by atoms with Crippen molar-refractivity contribution in [2.45, 2.75) is 12.6 Å². The molecule has 1 amide bonds. The molecule has 9 heteroatoms. The van der Waals surface area contributed by atoms with Gasteiger partial charge in [0.2, 0.25) is 0 Å². The molecule has 0 aromatic heterocycles. The average Bonchev–Trinajstić information content (AvgIpc) is 2.45. The Balaban J connectivity index is 2.56. The fourth-order valence-electron chi connectivity index (χ4n) is 1.45. The average molecular weight is 356 g/mol. The molecule has 0 aliphatic heterocycles. The van der Waals surface area contributed by atoms with Crippen molar-refractivity contribution in [1.29, 1.82) is 0 Å². The van der Waals surface area contributed by atoms with Crippen LogP contribution in [0.2, 0.25) is 0 Å². The third-order valence-corrected chi connectivity index (χ3v) is 3.37. The Kier molecular flexibility index (Phi) is 6.25. The molecule has 1 rings (SSSR count). The largest absolute Gasteiger partial charge is 0.477 e. The molecule has 0 saturated carbocycles. The highest BCUT2D eigenvalue weighted by atomic mass is 35.5. The Morgan fingerprint density at radius 1 is 1.09 bits per heavy atom. The van der Waals surface area contributed by atoms with E-state index >= 15 is 0 Å². The van der Waals surface area contributed by atoms with Gasteiger partial charge in [0.05, 0.1) is 5.56 Å². The molecule has 0 fully saturated rings. The molecular weight excluding hydrogens is 346 g/mol. The second-order valence-corrected chi connectivity index (χ2v) is 4.89. The van der Waals surface area contributed by atoms with Gasteiger partial charge in [-0.3, -0.25) is 4.79 Å². The van der Waals surface area contributed by atoms with E-state index in [2.05, 4.69) is 5.32 Å². The van der Waals surface area contributed by atoms with E-state index in [1.165, 1.54) is 12.1 Å². The maximum Gasteiger partial charge on any atom is 0.416 e. The molecule has 0 radical (unpaired) electrons. The van der Waals surface area contributed by atoms with E-state index in [-0.39, 0.29) is 13.0 Å². The van der Waals surface area contributed by atoms with E-state index in [1.807, 2.05) is 0 Å². The second-order valence-electron chi connectivity index (χ2n) is 4.13. The summed E-state index contributed by atoms with van der Waals surface area (Å²) in [5.41, 5.74) is -0.197. The van der Waals surface area contributed by atoms with E-state index in [0.717, 1.165) is 12.1 Å². The summed E-state index contributed by atoms with van der Waals surface area (Å²) in [6.45, 7) is 0.0597. The predicted molar refractivity (Wildman–Crippen MR) is 74.5 cm³/mol. The fourth-order valence-corrected chi connectivity index (χ4v) is 1.69. The first-order valence-electron chi connectivity index (χ1n) is 5.86. The molecule has 0 saturated heterocycles. The van der Waals surface area contributed by atoms with E-state index in [4.69, 9.17) is 28.3 Å². The number of aliphatic carboxylic acids is 1. The van der Waals surface area contributed by atoms with Crippen LogP contribution in [0.4, 0.5) is 13.2 Å². The van der Waals surface area contributed by atoms with Gasteiger partial charge < -0.3 is 10.4 Å². The third-order valence-electron chi connectivity index (χ3n) is 2.56. The first-order valence-corrected chi connectivity index (χ1v) is 6.61. The van der Waals surface area contributed by atoms with Crippen LogP contribution in [0.3, 0.4) is 0 Å². The number of benzene rings is 1. The summed E-state index contributed by atoms with van der Waals surface area (Å²) in [6.07, 6.45) is -4.16. The van der Waals surface area contributed by atoms with Crippen LogP contribution in [0.15, 0.2) is 34.3 Å². The second kappa shape index (κ2) is 7.51. The minimum atomic E-state index is -4.40. The molecule has 0 unspecified atom stereocenters. The zero-order valence-corrected chi connectivity index (χ0v) is 12.4. The molecule has 4 nitrogen and oxygen atoms in total. The number of alkyl halides is 3. The van der Waals surface area contributed by atoms with Crippen LogP contribution in [-0.4, -0.2) is 23.5 Å². The van der Waals surface area contributed by atoms with Gasteiger partial charge in [-0.1, -0.05) is 35.3 Å². The summed E-state index contributed by atoms with van der Waals surface area (Å²) >= 11 is 10.8. The van der Waals surface area contributed by atoms with Gasteiger partial charge in [-0.2, -0.15) is 13.2 Å². The molecule has 0 bridgehead atoms. The van der Waals surface area contributed by atoms with E-state index in [1.54, 1.807) is 0 Å². The summed E-state index contributed by atoms with van der Waals surface area (Å²) < 4.78 is 37.1. The highest BCUT2D eigenvalue weighted by molar-refractivity contribution is 6.53. The molecule has 0 heterocycles. The highest BCUT2D eigenvalue weighted by Gasteiger charge is 2.29. The number of carboxylic acids is 1. The molecule has 0 spiro atoms. The van der Waals surface area contributed by atoms with Crippen LogP contribution < -0.4 is 5.32 Å². The van der Waals surface area contributed by atoms with Crippen LogP contribution in [0, 0.1) is 0 Å². The number of hydrogen-bond donors (Lipinski definition) is 2. The van der Waals surface area contributed by atoms with Gasteiger partial charge in [-0.25, -0.2) is 4.79 Å². The molecule has 22 heavy (non-hydrogen) atoms. The maximum absolute atomic E-state index is 12.4. The van der Waals surface area contributed by atoms with Crippen LogP contribution >= 0.6 is 23.2 Å². The van der Waals surface area contributed by atoms with Gasteiger partial charge in [-0.15, -0.1) is 0 Å². The SMILES string of the molecule is O=C(O)/C(Cl)=C(/Cl)C(=O)NCCc1ccc(C(F)(F)F)cc1. The quantitative estimate of drug-likeness (QED) is 0.797. The predicted octanol–water partition coefficient (Wildman–Crippen LogP) is 3.14. The lowest BCUT2D eigenvalue weighted by molar-refractivity contribution is -0.137. The molecule has 1 aromatic carbocycles. The molecule has 120 valence electrons. The molecule has 1 aromatic rings. The Morgan fingerprint density at radius 3 is 2.09 bits per heavy atom. The molecule has 2 N–H and O–H groups in total. The summed E-state index contributed by atoms with van der Waals surface area (Å²) in [7, 11) is 0. The highest BCUT2D eigenvalue weighted by Crippen LogP contribution is 2.29. The first-order chi connectivity index (χ1) is 10.1. The van der Waals surface area contributed by atoms with Crippen molar-refractivity contribution < 1.29 is 27.9 Å². The summed E-state index contributed by atoms with van der Waals surface area (Å²) in [5.74, 6) is -2.41. The lowest BCUT2D eigenvalue weighted by atomic mass is 10.1. The standard InChI is InChI=1S/C13H10Cl2F3NO3/c14-9(10(15)12(21)22)11(20)19-6-5-7-1-3-8(4-2-7)13(16,17)18/h1-4H,5-6H2,(H,19,20)(H,21,22)/b10-9-. The molecule has 0 aliphatic carbocycles. The number of rotatable bonds is 5. The lowest BCUT2D eigenvalue weighted by Gasteiger charge is -2.08. The Bertz CT molecular complexity index is 598. The van der Waals surface area contributed by atoms with Gasteiger partial charge in [-0.05, 0) is 24.1 Å². The van der Waals surface area contributed by atoms with Crippen LogP contribution in [0.25, 0.3) is 0 Å². The zero-order valence-electron chi connectivity index (χ0n) is 10.9. The fraction of sp³-hybridized carbons (Fsp3) is 0.231. The number of carbonyl (C=O) groups is 2. The molecule has 0 atom stereocenters. The van der Waals surface area contributed by atoms with Crippen LogP contribution in [0.5, 0.6) is 0 Å². The van der Waals surface area contributed by atoms with Gasteiger partial charge in [0.1, 0.15) is 10.1 Å². The first kappa shape index (κ1) is 18.3. The molecule has 0 aliphatic rings. The van der Waals surface area contributed by atoms with Crippen molar-refractivity contribution in [3.63, 3.8) is 0 Å². The van der Waals surface area contributed by atoms with Crippen molar-refractivity contribution in [2.75, 3.05) is 6.54 Å². The summed E-state index contributed by atoms with van der Waals surface area (Å²) in [6, 6.07) is 4.45. The minimum Gasteiger partial charge on any atom is -0.477 e. The monoisotopic (exact) mass is 355 g/mol. The van der Waals surface area contributed by atoms with E-state index in [0.29, 0.717) is 5.56 Å². The summed E-state index contributed by atoms with van der Waals surface area (Å²) in [5, 5.41) is 9.39. The van der Waals surface area contributed by atoms with Gasteiger partial charge in [0, 0.05) is 6.54 Å². The number of nitrogens with one attached hydrogen (secondary N) is 1. The van der Waals surface area contributed by atoms with Crippen LogP contribution in [-0.2, 0) is 22.2 Å². The van der Waals surface area contributed by atoms with Gasteiger partial charge >= 0.3 is 12.1 Å². The topological polar surface area (TPSA) is 66.4 Å². The smallest absolute Gasteiger partial charge is 0.416 e. The van der Waals surface area contributed by atoms with E-state index in [9.17, 15) is 22.8 Å². The Hall–Kier alpha value is -1.73. The molecular formula is C13H10Cl2F3NO3. The minimum absolute atomic E-state index is 0.0597. The maximum atomic E-state index is 12.4. The van der Waals surface area contributed by atoms with Crippen molar-refractivity contribution >= 4 is 35.1 Å². The van der Waals surface area contributed by atoms with Gasteiger partial charge in [0.25, 0.3) is 5.91 Å². The van der Waals surface area contributed by atoms with Gasteiger partial charge in [0.15, 0.2) is 0 Å². The number of carboxylic acid groups (broad SMARTS) is 1. The Labute approximate surface area is 133 Å². The van der Waals surface area contributed by atoms with E-state index < -0.39 is 33.7 Å². The number of halogens is 5. The van der Waals surface area contributed by atoms with Crippen molar-refractivity contribution in [1.82, 2.24) is 5.32 Å². The van der Waals surface area contributed by atoms with Crippen molar-refractivity contribution in [2.24, 2.45) is 0 Å². The van der Waals surface area contributed by atoms with Crippen LogP contribution in [0.1, 0.15) is 11.1 Å². The zero-order chi connectivity index (χ0) is 16.9. The number of carbonyl (C=O) groups excluding carboxylic acids is 1. The third kappa shape index (κ3) is 5.23. The summed E-state index contributed by atoms with van der Waals surface area (Å²) in [4.78, 5) is 22.0. The van der Waals surface area contributed by atoms with Crippen molar-refractivity contribution in [3.05, 3.63) is 45.5 Å². The lowest BCUT2D eigenvalue weighted by Crippen LogP contribution is -2.26. The number of hydrogen-bond acceptors (Lipinski definition) is 2. The number of amides is 1.